The van der Waals surface area contributed by atoms with Crippen LogP contribution in [0.15, 0.2) is 18.5 Å². The van der Waals surface area contributed by atoms with E-state index in [1.54, 1.807) is 19.4 Å². The smallest absolute Gasteiger partial charge is 0.407 e. The minimum absolute atomic E-state index is 0.0677. The van der Waals surface area contributed by atoms with E-state index in [-0.39, 0.29) is 6.04 Å². The van der Waals surface area contributed by atoms with Gasteiger partial charge in [-0.1, -0.05) is 0 Å². The average Bonchev–Trinajstić information content (AvgIpc) is 3.44. The quantitative estimate of drug-likeness (QED) is 0.510. The summed E-state index contributed by atoms with van der Waals surface area (Å²) in [5.41, 5.74) is 3.13. The second kappa shape index (κ2) is 9.11. The van der Waals surface area contributed by atoms with Gasteiger partial charge in [-0.25, -0.2) is 19.2 Å². The Morgan fingerprint density at radius 1 is 1.41 bits per heavy atom. The number of aromatic nitrogens is 5. The number of carbonyl (C=O) groups is 1. The van der Waals surface area contributed by atoms with E-state index < -0.39 is 24.3 Å². The van der Waals surface area contributed by atoms with Crippen molar-refractivity contribution in [1.29, 1.82) is 0 Å². The van der Waals surface area contributed by atoms with Crippen LogP contribution in [-0.4, -0.2) is 56.1 Å². The molecular formula is C21H28FN7O3. The molecule has 0 radical (unpaired) electrons. The fourth-order valence-corrected chi connectivity index (χ4v) is 3.94. The van der Waals surface area contributed by atoms with Crippen LogP contribution in [0.4, 0.5) is 21.0 Å². The number of anilines is 2. The molecule has 32 heavy (non-hydrogen) atoms. The molecule has 0 saturated heterocycles. The lowest BCUT2D eigenvalue weighted by Crippen LogP contribution is -2.36. The summed E-state index contributed by atoms with van der Waals surface area (Å²) in [5.74, 6) is 0.615. The summed E-state index contributed by atoms with van der Waals surface area (Å²) in [5, 5.41) is 13.0. The number of alkyl carbamates (subject to hydrolysis) is 1. The molecule has 10 nitrogen and oxygen atoms in total. The number of hydrogen-bond acceptors (Lipinski definition) is 7. The van der Waals surface area contributed by atoms with Crippen LogP contribution in [0.1, 0.15) is 49.6 Å². The molecule has 3 aromatic rings. The van der Waals surface area contributed by atoms with E-state index in [1.807, 2.05) is 31.4 Å². The van der Waals surface area contributed by atoms with Crippen molar-refractivity contribution in [2.75, 3.05) is 12.4 Å². The summed E-state index contributed by atoms with van der Waals surface area (Å²) in [7, 11) is 1.62. The van der Waals surface area contributed by atoms with E-state index in [1.165, 1.54) is 0 Å². The fraction of sp³-hybridized carbons (Fsp3) is 0.524. The number of imidazole rings is 1. The van der Waals surface area contributed by atoms with Gasteiger partial charge in [0, 0.05) is 48.8 Å². The van der Waals surface area contributed by atoms with Gasteiger partial charge >= 0.3 is 6.09 Å². The number of nitrogens with zero attached hydrogens (tertiary/aromatic N) is 4. The Balaban J connectivity index is 1.47. The number of carbonyl (C=O) groups excluding carboxylic acids is 1. The number of alkyl halides is 1. The van der Waals surface area contributed by atoms with E-state index in [0.29, 0.717) is 36.9 Å². The molecule has 1 fully saturated rings. The van der Waals surface area contributed by atoms with Crippen molar-refractivity contribution in [2.45, 2.75) is 64.5 Å². The first-order valence-electron chi connectivity index (χ1n) is 10.6. The fourth-order valence-electron chi connectivity index (χ4n) is 3.94. The molecular weight excluding hydrogens is 417 g/mol. The number of nitrogens with one attached hydrogen (secondary N) is 3. The second-order valence-electron chi connectivity index (χ2n) is 8.33. The maximum absolute atomic E-state index is 15.0. The Hall–Kier alpha value is -3.21. The minimum atomic E-state index is -1.31. The Kier molecular flexibility index (Phi) is 6.26. The highest BCUT2D eigenvalue weighted by atomic mass is 19.1. The number of amides is 1. The molecule has 3 aromatic heterocycles. The van der Waals surface area contributed by atoms with Gasteiger partial charge in [-0.2, -0.15) is 5.10 Å². The monoisotopic (exact) mass is 445 g/mol. The zero-order valence-corrected chi connectivity index (χ0v) is 18.6. The Morgan fingerprint density at radius 3 is 2.97 bits per heavy atom. The molecule has 0 aromatic carbocycles. The third kappa shape index (κ3) is 4.52. The van der Waals surface area contributed by atoms with Crippen molar-refractivity contribution in [1.82, 2.24) is 29.9 Å². The third-order valence-electron chi connectivity index (χ3n) is 5.41. The van der Waals surface area contributed by atoms with Gasteiger partial charge in [0.1, 0.15) is 17.9 Å². The number of rotatable bonds is 7. The molecule has 0 spiro atoms. The number of hydrogen-bond donors (Lipinski definition) is 3. The van der Waals surface area contributed by atoms with E-state index in [9.17, 15) is 9.18 Å². The van der Waals surface area contributed by atoms with Crippen LogP contribution in [0.3, 0.4) is 0 Å². The van der Waals surface area contributed by atoms with Gasteiger partial charge in [-0.05, 0) is 33.6 Å². The summed E-state index contributed by atoms with van der Waals surface area (Å²) in [6, 6.07) is 1.69. The molecule has 3 heterocycles. The largest absolute Gasteiger partial charge is 0.443 e. The first kappa shape index (κ1) is 22.0. The SMILES string of the molecule is COCc1cn2c(Nc3cc([C@H]4CC[C@@H](OC(=O)NC(C)C)[C@@H]4F)[nH]n3)ncc(C)c2n1. The van der Waals surface area contributed by atoms with Crippen LogP contribution in [0.5, 0.6) is 0 Å². The molecule has 0 bridgehead atoms. The van der Waals surface area contributed by atoms with Crippen LogP contribution >= 0.6 is 0 Å². The van der Waals surface area contributed by atoms with Gasteiger partial charge in [0.2, 0.25) is 5.95 Å². The highest BCUT2D eigenvalue weighted by Crippen LogP contribution is 2.38. The summed E-state index contributed by atoms with van der Waals surface area (Å²) in [4.78, 5) is 20.8. The highest BCUT2D eigenvalue weighted by Gasteiger charge is 2.40. The van der Waals surface area contributed by atoms with Crippen molar-refractivity contribution in [3.8, 4) is 0 Å². The normalized spacial score (nSPS) is 20.8. The van der Waals surface area contributed by atoms with Gasteiger partial charge in [-0.15, -0.1) is 0 Å². The van der Waals surface area contributed by atoms with E-state index in [0.717, 1.165) is 16.9 Å². The number of methoxy groups -OCH3 is 1. The molecule has 1 aliphatic carbocycles. The van der Waals surface area contributed by atoms with E-state index in [4.69, 9.17) is 9.47 Å². The predicted molar refractivity (Wildman–Crippen MR) is 116 cm³/mol. The van der Waals surface area contributed by atoms with Crippen LogP contribution < -0.4 is 10.6 Å². The van der Waals surface area contributed by atoms with Crippen molar-refractivity contribution in [3.63, 3.8) is 0 Å². The first-order valence-corrected chi connectivity index (χ1v) is 10.6. The lowest BCUT2D eigenvalue weighted by atomic mass is 10.0. The Labute approximate surface area is 184 Å². The van der Waals surface area contributed by atoms with Gasteiger partial charge < -0.3 is 20.1 Å². The molecule has 0 aliphatic heterocycles. The lowest BCUT2D eigenvalue weighted by molar-refractivity contribution is 0.0555. The average molecular weight is 445 g/mol. The van der Waals surface area contributed by atoms with Crippen molar-refractivity contribution in [3.05, 3.63) is 35.4 Å². The van der Waals surface area contributed by atoms with Crippen LogP contribution in [-0.2, 0) is 16.1 Å². The number of ether oxygens (including phenoxy) is 2. The van der Waals surface area contributed by atoms with E-state index in [2.05, 4.69) is 30.8 Å². The molecule has 172 valence electrons. The van der Waals surface area contributed by atoms with Gasteiger partial charge in [0.25, 0.3) is 0 Å². The molecule has 3 N–H and O–H groups in total. The molecule has 1 amide bonds. The standard InChI is InChI=1S/C21H28FN7O3/c1-11(2)24-21(30)32-16-6-5-14(18(16)22)15-7-17(28-27-15)26-20-23-8-12(3)19-25-13(10-31-4)9-29(19)20/h7-9,11,14,16,18H,5-6,10H2,1-4H3,(H,24,30)(H2,23,26,27,28)/t14-,16-,18-/m1/s1. The summed E-state index contributed by atoms with van der Waals surface area (Å²) < 4.78 is 27.3. The maximum atomic E-state index is 15.0. The van der Waals surface area contributed by atoms with Gasteiger partial charge in [0.05, 0.1) is 12.3 Å². The lowest BCUT2D eigenvalue weighted by Gasteiger charge is -2.18. The van der Waals surface area contributed by atoms with Crippen molar-refractivity contribution < 1.29 is 18.7 Å². The predicted octanol–water partition coefficient (Wildman–Crippen LogP) is 3.37. The van der Waals surface area contributed by atoms with Crippen molar-refractivity contribution in [2.24, 2.45) is 0 Å². The third-order valence-corrected chi connectivity index (χ3v) is 5.41. The minimum Gasteiger partial charge on any atom is -0.443 e. The molecule has 0 unspecified atom stereocenters. The second-order valence-corrected chi connectivity index (χ2v) is 8.33. The van der Waals surface area contributed by atoms with Crippen LogP contribution in [0.2, 0.25) is 0 Å². The number of halogens is 1. The van der Waals surface area contributed by atoms with Crippen LogP contribution in [0.25, 0.3) is 5.65 Å². The highest BCUT2D eigenvalue weighted by molar-refractivity contribution is 5.67. The Morgan fingerprint density at radius 2 is 2.22 bits per heavy atom. The summed E-state index contributed by atoms with van der Waals surface area (Å²) in [6.07, 6.45) is 1.91. The van der Waals surface area contributed by atoms with E-state index >= 15 is 0 Å². The first-order chi connectivity index (χ1) is 15.4. The molecule has 3 atom stereocenters. The maximum Gasteiger partial charge on any atom is 0.407 e. The molecule has 4 rings (SSSR count). The Bertz CT molecular complexity index is 1100. The number of aromatic amines is 1. The van der Waals surface area contributed by atoms with Gasteiger partial charge in [0.15, 0.2) is 5.82 Å². The topological polar surface area (TPSA) is 118 Å². The van der Waals surface area contributed by atoms with Crippen molar-refractivity contribution >= 4 is 23.5 Å². The number of H-pyrrole nitrogens is 1. The summed E-state index contributed by atoms with van der Waals surface area (Å²) in [6.45, 7) is 5.97. The van der Waals surface area contributed by atoms with Gasteiger partial charge in [-0.3, -0.25) is 9.50 Å². The number of fused-ring (bicyclic) bond motifs is 1. The molecule has 1 aliphatic rings. The zero-order chi connectivity index (χ0) is 22.8. The summed E-state index contributed by atoms with van der Waals surface area (Å²) >= 11 is 0. The number of aryl methyl sites for hydroxylation is 1. The molecule has 1 saturated carbocycles. The molecule has 11 heteroatoms. The van der Waals surface area contributed by atoms with Crippen LogP contribution in [0, 0.1) is 6.92 Å². The zero-order valence-electron chi connectivity index (χ0n) is 18.6.